The predicted molar refractivity (Wildman–Crippen MR) is 158 cm³/mol. The van der Waals surface area contributed by atoms with Gasteiger partial charge in [0.1, 0.15) is 18.3 Å². The third-order valence-electron chi connectivity index (χ3n) is 6.49. The van der Waals surface area contributed by atoms with Crippen molar-refractivity contribution in [2.75, 3.05) is 24.5 Å². The zero-order valence-electron chi connectivity index (χ0n) is 23.5. The highest BCUT2D eigenvalue weighted by atomic mass is 35.5. The number of ether oxygens (including phenoxy) is 1. The molecule has 0 bridgehead atoms. The van der Waals surface area contributed by atoms with Crippen LogP contribution in [0.5, 0.6) is 5.75 Å². The summed E-state index contributed by atoms with van der Waals surface area (Å²) >= 11 is 6.06. The summed E-state index contributed by atoms with van der Waals surface area (Å²) in [4.78, 5) is 28.6. The van der Waals surface area contributed by atoms with E-state index < -0.39 is 28.5 Å². The van der Waals surface area contributed by atoms with Gasteiger partial charge in [0.05, 0.1) is 17.7 Å². The number of nitrogens with zero attached hydrogens (tertiary/aromatic N) is 2. The number of sulfonamides is 1. The third kappa shape index (κ3) is 7.34. The summed E-state index contributed by atoms with van der Waals surface area (Å²) in [6.07, 6.45) is 0.337. The fourth-order valence-electron chi connectivity index (χ4n) is 4.34. The van der Waals surface area contributed by atoms with Crippen molar-refractivity contribution in [1.29, 1.82) is 0 Å². The number of carbonyl (C=O) groups excluding carboxylic acids is 2. The van der Waals surface area contributed by atoms with Crippen LogP contribution in [0.1, 0.15) is 37.0 Å². The Bertz CT molecular complexity index is 1430. The highest BCUT2D eigenvalue weighted by molar-refractivity contribution is 7.92. The van der Waals surface area contributed by atoms with Crippen molar-refractivity contribution in [2.45, 2.75) is 51.6 Å². The van der Waals surface area contributed by atoms with Gasteiger partial charge in [0.15, 0.2) is 0 Å². The van der Waals surface area contributed by atoms with Gasteiger partial charge in [-0.1, -0.05) is 54.4 Å². The Kier molecular flexibility index (Phi) is 10.6. The first-order valence-corrected chi connectivity index (χ1v) is 14.9. The Morgan fingerprint density at radius 3 is 2.15 bits per heavy atom. The summed E-state index contributed by atoms with van der Waals surface area (Å²) in [7, 11) is -2.76. The molecule has 1 N–H and O–H groups in total. The maximum atomic E-state index is 14.1. The van der Waals surface area contributed by atoms with Gasteiger partial charge < -0.3 is 15.0 Å². The van der Waals surface area contributed by atoms with E-state index in [-0.39, 0.29) is 23.0 Å². The topological polar surface area (TPSA) is 96.0 Å². The van der Waals surface area contributed by atoms with Gasteiger partial charge >= 0.3 is 0 Å². The van der Waals surface area contributed by atoms with Crippen molar-refractivity contribution in [3.05, 3.63) is 88.4 Å². The fraction of sp³-hybridized carbons (Fsp3) is 0.333. The lowest BCUT2D eigenvalue weighted by atomic mass is 10.1. The van der Waals surface area contributed by atoms with Crippen LogP contribution in [0, 0.1) is 13.8 Å². The first-order chi connectivity index (χ1) is 19.0. The Morgan fingerprint density at radius 2 is 1.57 bits per heavy atom. The number of nitrogens with one attached hydrogen (secondary N) is 1. The highest BCUT2D eigenvalue weighted by Gasteiger charge is 2.34. The average Bonchev–Trinajstić information content (AvgIpc) is 2.92. The molecule has 0 fully saturated rings. The van der Waals surface area contributed by atoms with Gasteiger partial charge in [-0.3, -0.25) is 13.9 Å². The fourth-order valence-corrected chi connectivity index (χ4v) is 5.89. The Labute approximate surface area is 241 Å². The van der Waals surface area contributed by atoms with Crippen LogP contribution in [0.25, 0.3) is 0 Å². The van der Waals surface area contributed by atoms with Crippen LogP contribution in [-0.2, 0) is 26.2 Å². The first-order valence-electron chi connectivity index (χ1n) is 13.1. The van der Waals surface area contributed by atoms with Crippen LogP contribution in [-0.4, -0.2) is 51.4 Å². The highest BCUT2D eigenvalue weighted by Crippen LogP contribution is 2.34. The van der Waals surface area contributed by atoms with Crippen molar-refractivity contribution in [1.82, 2.24) is 10.2 Å². The number of hydrogen-bond donors (Lipinski definition) is 1. The summed E-state index contributed by atoms with van der Waals surface area (Å²) in [5.41, 5.74) is 2.67. The molecule has 0 heterocycles. The molecule has 3 rings (SSSR count). The predicted octanol–water partition coefficient (Wildman–Crippen LogP) is 5.10. The molecule has 214 valence electrons. The Hall–Kier alpha value is -3.56. The molecule has 10 heteroatoms. The maximum absolute atomic E-state index is 14.1. The number of carbonyl (C=O) groups is 2. The molecule has 1 atom stereocenters. The van der Waals surface area contributed by atoms with Crippen molar-refractivity contribution in [3.8, 4) is 5.75 Å². The summed E-state index contributed by atoms with van der Waals surface area (Å²) in [5, 5.41) is 3.33. The molecule has 0 aromatic heterocycles. The van der Waals surface area contributed by atoms with Gasteiger partial charge in [0, 0.05) is 18.1 Å². The van der Waals surface area contributed by atoms with E-state index in [1.165, 1.54) is 24.1 Å². The number of methoxy groups -OCH3 is 1. The van der Waals surface area contributed by atoms with E-state index in [1.807, 2.05) is 20.8 Å². The number of halogens is 1. The molecule has 3 aromatic carbocycles. The van der Waals surface area contributed by atoms with Gasteiger partial charge in [0.2, 0.25) is 11.8 Å². The second-order valence-electron chi connectivity index (χ2n) is 9.47. The van der Waals surface area contributed by atoms with Gasteiger partial charge in [-0.15, -0.1) is 0 Å². The molecule has 0 saturated carbocycles. The van der Waals surface area contributed by atoms with Crippen LogP contribution in [0.2, 0.25) is 5.02 Å². The SMILES string of the molecule is CCNC(=O)[C@@H](CC)N(Cc1ccc(Cl)cc1)C(=O)CN(c1cc(C)ccc1OC)S(=O)(=O)c1ccc(C)cc1. The van der Waals surface area contributed by atoms with Crippen LogP contribution in [0.4, 0.5) is 5.69 Å². The number of hydrogen-bond acceptors (Lipinski definition) is 5. The number of benzene rings is 3. The molecule has 0 spiro atoms. The van der Waals surface area contributed by atoms with E-state index in [1.54, 1.807) is 61.5 Å². The number of aryl methyl sites for hydroxylation is 2. The standard InChI is InChI=1S/C30H36ClN3O5S/c1-6-26(30(36)32-7-2)33(19-23-11-13-24(31)14-12-23)29(35)20-34(27-18-22(4)10-17-28(27)39-5)40(37,38)25-15-8-21(3)9-16-25/h8-18,26H,6-7,19-20H2,1-5H3,(H,32,36)/t26-/m1/s1. The number of rotatable bonds is 12. The van der Waals surface area contributed by atoms with E-state index in [9.17, 15) is 18.0 Å². The van der Waals surface area contributed by atoms with Gasteiger partial charge in [-0.25, -0.2) is 8.42 Å². The van der Waals surface area contributed by atoms with Crippen molar-refractivity contribution >= 4 is 39.1 Å². The van der Waals surface area contributed by atoms with Crippen LogP contribution in [0.15, 0.2) is 71.6 Å². The van der Waals surface area contributed by atoms with Crippen molar-refractivity contribution in [3.63, 3.8) is 0 Å². The lowest BCUT2D eigenvalue weighted by Crippen LogP contribution is -2.52. The summed E-state index contributed by atoms with van der Waals surface area (Å²) in [5.74, 6) is -0.546. The van der Waals surface area contributed by atoms with Crippen LogP contribution in [0.3, 0.4) is 0 Å². The van der Waals surface area contributed by atoms with Gasteiger partial charge in [0.25, 0.3) is 10.0 Å². The van der Waals surface area contributed by atoms with Crippen molar-refractivity contribution in [2.24, 2.45) is 0 Å². The average molecular weight is 586 g/mol. The molecule has 2 amide bonds. The number of likely N-dealkylation sites (N-methyl/N-ethyl adjacent to an activating group) is 1. The van der Waals surface area contributed by atoms with Crippen LogP contribution < -0.4 is 14.4 Å². The van der Waals surface area contributed by atoms with E-state index in [2.05, 4.69) is 5.32 Å². The van der Waals surface area contributed by atoms with Crippen molar-refractivity contribution < 1.29 is 22.7 Å². The minimum absolute atomic E-state index is 0.0366. The molecule has 3 aromatic rings. The van der Waals surface area contributed by atoms with Gasteiger partial charge in [-0.05, 0) is 74.7 Å². The zero-order chi connectivity index (χ0) is 29.4. The first kappa shape index (κ1) is 31.0. The quantitative estimate of drug-likeness (QED) is 0.319. The largest absolute Gasteiger partial charge is 0.495 e. The molecule has 0 saturated heterocycles. The second-order valence-corrected chi connectivity index (χ2v) is 11.8. The van der Waals surface area contributed by atoms with Crippen LogP contribution >= 0.6 is 11.6 Å². The molecular formula is C30H36ClN3O5S. The maximum Gasteiger partial charge on any atom is 0.264 e. The zero-order valence-corrected chi connectivity index (χ0v) is 25.1. The van der Waals surface area contributed by atoms with Gasteiger partial charge in [-0.2, -0.15) is 0 Å². The third-order valence-corrected chi connectivity index (χ3v) is 8.52. The molecule has 0 radical (unpaired) electrons. The summed E-state index contributed by atoms with van der Waals surface area (Å²) in [6, 6.07) is 17.7. The molecule has 40 heavy (non-hydrogen) atoms. The molecule has 8 nitrogen and oxygen atoms in total. The normalized spacial score (nSPS) is 11.9. The minimum atomic E-state index is -4.20. The number of anilines is 1. The summed E-state index contributed by atoms with van der Waals surface area (Å²) < 4.78 is 34.7. The molecule has 0 aliphatic carbocycles. The van der Waals surface area contributed by atoms with E-state index in [4.69, 9.17) is 16.3 Å². The second kappa shape index (κ2) is 13.7. The molecule has 0 unspecified atom stereocenters. The smallest absolute Gasteiger partial charge is 0.264 e. The minimum Gasteiger partial charge on any atom is -0.495 e. The molecule has 0 aliphatic heterocycles. The summed E-state index contributed by atoms with van der Waals surface area (Å²) in [6.45, 7) is 7.25. The van der Waals surface area contributed by atoms with E-state index >= 15 is 0 Å². The lowest BCUT2D eigenvalue weighted by Gasteiger charge is -2.33. The van der Waals surface area contributed by atoms with E-state index in [0.29, 0.717) is 23.7 Å². The van der Waals surface area contributed by atoms with E-state index in [0.717, 1.165) is 21.0 Å². The monoisotopic (exact) mass is 585 g/mol. The number of amides is 2. The lowest BCUT2D eigenvalue weighted by molar-refractivity contribution is -0.140. The Morgan fingerprint density at radius 1 is 0.950 bits per heavy atom. The Balaban J connectivity index is 2.12. The molecular weight excluding hydrogens is 550 g/mol. The molecule has 0 aliphatic rings.